The van der Waals surface area contributed by atoms with E-state index in [2.05, 4.69) is 25.0 Å². The molecule has 14 heteroatoms. The summed E-state index contributed by atoms with van der Waals surface area (Å²) < 4.78 is 53.9. The van der Waals surface area contributed by atoms with Crippen molar-refractivity contribution in [1.82, 2.24) is 15.1 Å². The van der Waals surface area contributed by atoms with E-state index >= 15 is 0 Å². The van der Waals surface area contributed by atoms with Crippen LogP contribution in [-0.2, 0) is 20.0 Å². The number of pyridine rings is 1. The number of aromatic nitrogens is 1. The maximum Gasteiger partial charge on any atom is 0.275 e. The lowest BCUT2D eigenvalue weighted by Crippen LogP contribution is -2.26. The second-order valence-corrected chi connectivity index (χ2v) is 11.4. The van der Waals surface area contributed by atoms with Crippen LogP contribution in [0.1, 0.15) is 22.8 Å². The van der Waals surface area contributed by atoms with Crippen molar-refractivity contribution in [2.45, 2.75) is 16.0 Å². The first kappa shape index (κ1) is 25.5. The summed E-state index contributed by atoms with van der Waals surface area (Å²) in [6.07, 6.45) is 2.56. The molecule has 180 valence electrons. The number of carbonyl (C=O) groups is 1. The normalized spacial score (nSPS) is 12.4. The van der Waals surface area contributed by atoms with Crippen LogP contribution in [0.4, 0.5) is 5.69 Å². The van der Waals surface area contributed by atoms with Gasteiger partial charge in [-0.15, -0.1) is 11.3 Å². The maximum atomic E-state index is 12.7. The Morgan fingerprint density at radius 2 is 1.82 bits per heavy atom. The van der Waals surface area contributed by atoms with E-state index in [-0.39, 0.29) is 33.5 Å². The highest BCUT2D eigenvalue weighted by Crippen LogP contribution is 2.22. The standard InChI is InChI=1S/C20H21N5O6S3/c1-14(15-4-6-16(7-5-15)33(28,29)22-10-11-26)23-24-20(27)17-13-21-9-8-18(17)25-34(30,31)19-3-2-12-32-19/h2-9,12-13,22,26H,10-11H2,1H3,(H,21,25)(H,24,27)/b23-14-. The molecule has 0 saturated carbocycles. The summed E-state index contributed by atoms with van der Waals surface area (Å²) in [7, 11) is -7.61. The SMILES string of the molecule is C/C(=N/NC(=O)c1cnccc1NS(=O)(=O)c1cccs1)c1ccc(S(=O)(=O)NCCO)cc1. The topological polar surface area (TPSA) is 167 Å². The van der Waals surface area contributed by atoms with Gasteiger partial charge in [-0.2, -0.15) is 5.10 Å². The van der Waals surface area contributed by atoms with E-state index in [0.717, 1.165) is 11.3 Å². The van der Waals surface area contributed by atoms with Gasteiger partial charge in [-0.25, -0.2) is 27.0 Å². The van der Waals surface area contributed by atoms with Gasteiger partial charge in [0.25, 0.3) is 15.9 Å². The zero-order valence-corrected chi connectivity index (χ0v) is 20.2. The molecule has 0 aliphatic rings. The Balaban J connectivity index is 1.74. The van der Waals surface area contributed by atoms with Gasteiger partial charge in [-0.05, 0) is 42.1 Å². The van der Waals surface area contributed by atoms with E-state index in [1.807, 2.05) is 0 Å². The Morgan fingerprint density at radius 3 is 2.47 bits per heavy atom. The predicted octanol–water partition coefficient (Wildman–Crippen LogP) is 1.37. The summed E-state index contributed by atoms with van der Waals surface area (Å²) in [6.45, 7) is 1.19. The van der Waals surface area contributed by atoms with Crippen LogP contribution in [0.2, 0.25) is 0 Å². The van der Waals surface area contributed by atoms with Crippen molar-refractivity contribution in [3.63, 3.8) is 0 Å². The quantitative estimate of drug-likeness (QED) is 0.230. The molecule has 11 nitrogen and oxygen atoms in total. The number of hydrogen-bond acceptors (Lipinski definition) is 9. The molecule has 0 bridgehead atoms. The first-order valence-electron chi connectivity index (χ1n) is 9.70. The van der Waals surface area contributed by atoms with Gasteiger partial charge in [0.15, 0.2) is 0 Å². The van der Waals surface area contributed by atoms with Crippen LogP contribution in [0.25, 0.3) is 0 Å². The van der Waals surface area contributed by atoms with Crippen LogP contribution in [0.15, 0.2) is 74.4 Å². The van der Waals surface area contributed by atoms with Crippen molar-refractivity contribution in [2.75, 3.05) is 17.9 Å². The van der Waals surface area contributed by atoms with Crippen LogP contribution in [0.5, 0.6) is 0 Å². The van der Waals surface area contributed by atoms with Gasteiger partial charge in [-0.3, -0.25) is 14.5 Å². The van der Waals surface area contributed by atoms with Crippen molar-refractivity contribution >= 4 is 48.7 Å². The number of nitrogens with one attached hydrogen (secondary N) is 3. The molecule has 0 aliphatic carbocycles. The van der Waals surface area contributed by atoms with E-state index in [4.69, 9.17) is 5.11 Å². The zero-order valence-electron chi connectivity index (χ0n) is 17.8. The lowest BCUT2D eigenvalue weighted by Gasteiger charge is -2.10. The molecular formula is C20H21N5O6S3. The highest BCUT2D eigenvalue weighted by molar-refractivity contribution is 7.94. The molecule has 0 atom stereocenters. The smallest absolute Gasteiger partial charge is 0.275 e. The Hall–Kier alpha value is -3.17. The molecule has 0 spiro atoms. The number of amides is 1. The lowest BCUT2D eigenvalue weighted by molar-refractivity contribution is 0.0955. The van der Waals surface area contributed by atoms with Crippen molar-refractivity contribution in [3.8, 4) is 0 Å². The van der Waals surface area contributed by atoms with Crippen LogP contribution in [-0.4, -0.2) is 51.7 Å². The fraction of sp³-hybridized carbons (Fsp3) is 0.150. The monoisotopic (exact) mass is 523 g/mol. The predicted molar refractivity (Wildman–Crippen MR) is 128 cm³/mol. The summed E-state index contributed by atoms with van der Waals surface area (Å²) in [5.74, 6) is -0.691. The number of aliphatic hydroxyl groups is 1. The minimum Gasteiger partial charge on any atom is -0.395 e. The van der Waals surface area contributed by atoms with Gasteiger partial charge in [-0.1, -0.05) is 18.2 Å². The molecule has 3 aromatic rings. The zero-order chi connectivity index (χ0) is 24.8. The average molecular weight is 524 g/mol. The van der Waals surface area contributed by atoms with Gasteiger partial charge < -0.3 is 5.11 Å². The molecular weight excluding hydrogens is 502 g/mol. The summed E-state index contributed by atoms with van der Waals surface area (Å²) in [5, 5.41) is 14.4. The molecule has 3 rings (SSSR count). The minimum absolute atomic E-state index is 0.0135. The first-order chi connectivity index (χ1) is 16.1. The van der Waals surface area contributed by atoms with Crippen LogP contribution >= 0.6 is 11.3 Å². The molecule has 4 N–H and O–H groups in total. The number of sulfonamides is 2. The third-order valence-corrected chi connectivity index (χ3v) is 8.62. The molecule has 1 aromatic carbocycles. The van der Waals surface area contributed by atoms with Crippen LogP contribution < -0.4 is 14.9 Å². The van der Waals surface area contributed by atoms with Gasteiger partial charge in [0, 0.05) is 18.9 Å². The molecule has 34 heavy (non-hydrogen) atoms. The summed E-state index contributed by atoms with van der Waals surface area (Å²) >= 11 is 1.04. The van der Waals surface area contributed by atoms with E-state index in [0.29, 0.717) is 11.3 Å². The maximum absolute atomic E-state index is 12.7. The van der Waals surface area contributed by atoms with E-state index in [1.54, 1.807) is 18.4 Å². The number of rotatable bonds is 10. The number of thiophene rings is 1. The van der Waals surface area contributed by atoms with Gasteiger partial charge in [0.1, 0.15) is 4.21 Å². The van der Waals surface area contributed by atoms with Gasteiger partial charge in [0.05, 0.1) is 28.5 Å². The molecule has 2 aromatic heterocycles. The second-order valence-electron chi connectivity index (χ2n) is 6.74. The molecule has 0 unspecified atom stereocenters. The third-order valence-electron chi connectivity index (χ3n) is 4.38. The Morgan fingerprint density at radius 1 is 1.09 bits per heavy atom. The Kier molecular flexibility index (Phi) is 8.11. The van der Waals surface area contributed by atoms with Crippen molar-refractivity contribution in [1.29, 1.82) is 0 Å². The van der Waals surface area contributed by atoms with E-state index < -0.39 is 26.0 Å². The minimum atomic E-state index is -3.87. The van der Waals surface area contributed by atoms with Gasteiger partial charge in [0.2, 0.25) is 10.0 Å². The number of hydrogen-bond donors (Lipinski definition) is 4. The van der Waals surface area contributed by atoms with E-state index in [9.17, 15) is 21.6 Å². The lowest BCUT2D eigenvalue weighted by atomic mass is 10.1. The van der Waals surface area contributed by atoms with Crippen LogP contribution in [0.3, 0.4) is 0 Å². The number of benzene rings is 1. The number of aliphatic hydroxyl groups excluding tert-OH is 1. The molecule has 0 fully saturated rings. The Bertz CT molecular complexity index is 1390. The van der Waals surface area contributed by atoms with E-state index in [1.165, 1.54) is 48.8 Å². The largest absolute Gasteiger partial charge is 0.395 e. The fourth-order valence-electron chi connectivity index (χ4n) is 2.67. The molecule has 0 saturated heterocycles. The molecule has 0 aliphatic heterocycles. The van der Waals surface area contributed by atoms with Gasteiger partial charge >= 0.3 is 0 Å². The first-order valence-corrected chi connectivity index (χ1v) is 13.5. The highest BCUT2D eigenvalue weighted by Gasteiger charge is 2.20. The molecule has 0 radical (unpaired) electrons. The summed E-state index contributed by atoms with van der Waals surface area (Å²) in [4.78, 5) is 16.6. The van der Waals surface area contributed by atoms with Crippen molar-refractivity contribution in [2.24, 2.45) is 5.10 Å². The average Bonchev–Trinajstić information content (AvgIpc) is 3.37. The summed E-state index contributed by atoms with van der Waals surface area (Å²) in [5.41, 5.74) is 3.29. The second kappa shape index (κ2) is 10.8. The van der Waals surface area contributed by atoms with Crippen LogP contribution in [0, 0.1) is 0 Å². The fourth-order valence-corrected chi connectivity index (χ4v) is 5.77. The highest BCUT2D eigenvalue weighted by atomic mass is 32.2. The van der Waals surface area contributed by atoms with Crippen molar-refractivity contribution in [3.05, 3.63) is 71.4 Å². The number of carbonyl (C=O) groups excluding carboxylic acids is 1. The molecule has 2 heterocycles. The number of nitrogens with zero attached hydrogens (tertiary/aromatic N) is 2. The third kappa shape index (κ3) is 6.24. The number of hydrazone groups is 1. The summed E-state index contributed by atoms with van der Waals surface area (Å²) in [6, 6.07) is 10.2. The van der Waals surface area contributed by atoms with Crippen molar-refractivity contribution < 1.29 is 26.7 Å². The Labute approximate surface area is 200 Å². The molecule has 1 amide bonds. The number of anilines is 1.